The summed E-state index contributed by atoms with van der Waals surface area (Å²) in [4.78, 5) is 20.4. The van der Waals surface area contributed by atoms with Crippen molar-refractivity contribution in [1.29, 1.82) is 0 Å². The summed E-state index contributed by atoms with van der Waals surface area (Å²) >= 11 is 1.50. The number of imidazole rings is 1. The maximum atomic E-state index is 13.2. The summed E-state index contributed by atoms with van der Waals surface area (Å²) in [6, 6.07) is 14.0. The second-order valence-electron chi connectivity index (χ2n) is 8.10. The molecule has 0 saturated carbocycles. The Morgan fingerprint density at radius 2 is 2.00 bits per heavy atom. The lowest BCUT2D eigenvalue weighted by Gasteiger charge is -2.31. The molecule has 1 atom stereocenters. The largest absolute Gasteiger partial charge is 0.497 e. The van der Waals surface area contributed by atoms with E-state index in [4.69, 9.17) is 4.74 Å². The molecule has 0 spiro atoms. The van der Waals surface area contributed by atoms with E-state index in [1.165, 1.54) is 23.5 Å². The molecule has 2 aromatic carbocycles. The van der Waals surface area contributed by atoms with Crippen LogP contribution in [0.3, 0.4) is 0 Å². The van der Waals surface area contributed by atoms with Crippen LogP contribution in [0.1, 0.15) is 18.4 Å². The maximum absolute atomic E-state index is 13.2. The summed E-state index contributed by atoms with van der Waals surface area (Å²) in [5.41, 5.74) is 2.65. The standard InChI is InChI=1S/C24H24FN5O2S/c1-32-20-10-4-16(5-11-20)13-26-22(31)18-3-2-12-29(14-18)24-28-30-15-21(27-23(30)33-24)17-6-8-19(25)9-7-17/h4-11,15,18H,2-3,12-14H2,1H3,(H,26,31)/t18-/m0/s1. The first kappa shape index (κ1) is 21.4. The lowest BCUT2D eigenvalue weighted by Crippen LogP contribution is -2.43. The van der Waals surface area contributed by atoms with Crippen molar-refractivity contribution in [2.75, 3.05) is 25.1 Å². The van der Waals surface area contributed by atoms with E-state index in [1.54, 1.807) is 23.8 Å². The molecule has 2 aromatic heterocycles. The third kappa shape index (κ3) is 4.68. The van der Waals surface area contributed by atoms with Gasteiger partial charge in [-0.15, -0.1) is 5.10 Å². The third-order valence-corrected chi connectivity index (χ3v) is 6.84. The van der Waals surface area contributed by atoms with E-state index in [-0.39, 0.29) is 17.6 Å². The molecule has 7 nitrogen and oxygen atoms in total. The van der Waals surface area contributed by atoms with Crippen LogP contribution in [0.4, 0.5) is 9.52 Å². The van der Waals surface area contributed by atoms with Gasteiger partial charge in [0.05, 0.1) is 24.9 Å². The Labute approximate surface area is 194 Å². The fraction of sp³-hybridized carbons (Fsp3) is 0.292. The Bertz CT molecular complexity index is 1220. The molecule has 1 fully saturated rings. The fourth-order valence-electron chi connectivity index (χ4n) is 4.02. The summed E-state index contributed by atoms with van der Waals surface area (Å²) in [5, 5.41) is 8.60. The van der Waals surface area contributed by atoms with E-state index in [0.717, 1.165) is 52.0 Å². The van der Waals surface area contributed by atoms with Crippen LogP contribution in [-0.4, -0.2) is 40.7 Å². The van der Waals surface area contributed by atoms with Gasteiger partial charge in [-0.2, -0.15) is 0 Å². The lowest BCUT2D eigenvalue weighted by molar-refractivity contribution is -0.125. The van der Waals surface area contributed by atoms with Gasteiger partial charge in [0, 0.05) is 25.2 Å². The number of piperidine rings is 1. The SMILES string of the molecule is COc1ccc(CNC(=O)[C@H]2CCCN(c3nn4cc(-c5ccc(F)cc5)nc4s3)C2)cc1. The molecular weight excluding hydrogens is 441 g/mol. The van der Waals surface area contributed by atoms with Gasteiger partial charge in [0.1, 0.15) is 11.6 Å². The number of halogens is 1. The number of amides is 1. The van der Waals surface area contributed by atoms with E-state index < -0.39 is 0 Å². The van der Waals surface area contributed by atoms with Crippen molar-refractivity contribution in [3.63, 3.8) is 0 Å². The van der Waals surface area contributed by atoms with Crippen LogP contribution in [0.5, 0.6) is 5.75 Å². The zero-order valence-corrected chi connectivity index (χ0v) is 19.0. The number of benzene rings is 2. The normalized spacial score (nSPS) is 16.2. The quantitative estimate of drug-likeness (QED) is 0.464. The van der Waals surface area contributed by atoms with Gasteiger partial charge in [-0.05, 0) is 54.8 Å². The third-order valence-electron chi connectivity index (χ3n) is 5.86. The Morgan fingerprint density at radius 3 is 2.73 bits per heavy atom. The molecular formula is C24H24FN5O2S. The molecule has 9 heteroatoms. The van der Waals surface area contributed by atoms with Gasteiger partial charge >= 0.3 is 0 Å². The molecule has 170 valence electrons. The summed E-state index contributed by atoms with van der Waals surface area (Å²) in [6.07, 6.45) is 3.65. The Hall–Kier alpha value is -3.46. The highest BCUT2D eigenvalue weighted by atomic mass is 32.1. The smallest absolute Gasteiger partial charge is 0.225 e. The average Bonchev–Trinajstić information content (AvgIpc) is 3.43. The maximum Gasteiger partial charge on any atom is 0.225 e. The second kappa shape index (κ2) is 9.19. The molecule has 0 bridgehead atoms. The van der Waals surface area contributed by atoms with Crippen molar-refractivity contribution < 1.29 is 13.9 Å². The predicted octanol–water partition coefficient (Wildman–Crippen LogP) is 4.14. The number of nitrogens with zero attached hydrogens (tertiary/aromatic N) is 4. The predicted molar refractivity (Wildman–Crippen MR) is 126 cm³/mol. The number of methoxy groups -OCH3 is 1. The molecule has 1 aliphatic heterocycles. The number of hydrogen-bond acceptors (Lipinski definition) is 6. The number of carbonyl (C=O) groups excluding carboxylic acids is 1. The highest BCUT2D eigenvalue weighted by Gasteiger charge is 2.27. The van der Waals surface area contributed by atoms with Crippen molar-refractivity contribution >= 4 is 27.3 Å². The van der Waals surface area contributed by atoms with E-state index in [2.05, 4.69) is 20.3 Å². The summed E-state index contributed by atoms with van der Waals surface area (Å²) < 4.78 is 20.1. The summed E-state index contributed by atoms with van der Waals surface area (Å²) in [5.74, 6) is 0.513. The number of hydrogen-bond donors (Lipinski definition) is 1. The second-order valence-corrected chi connectivity index (χ2v) is 9.03. The Balaban J connectivity index is 1.22. The molecule has 0 radical (unpaired) electrons. The van der Waals surface area contributed by atoms with Crippen molar-refractivity contribution in [1.82, 2.24) is 19.9 Å². The number of ether oxygens (including phenoxy) is 1. The van der Waals surface area contributed by atoms with Crippen LogP contribution in [0.15, 0.2) is 54.7 Å². The van der Waals surface area contributed by atoms with Gasteiger partial charge in [-0.3, -0.25) is 4.79 Å². The van der Waals surface area contributed by atoms with Gasteiger partial charge in [0.15, 0.2) is 0 Å². The molecule has 3 heterocycles. The highest BCUT2D eigenvalue weighted by Crippen LogP contribution is 2.30. The van der Waals surface area contributed by atoms with Gasteiger partial charge in [0.25, 0.3) is 0 Å². The molecule has 1 amide bonds. The van der Waals surface area contributed by atoms with E-state index >= 15 is 0 Å². The van der Waals surface area contributed by atoms with Crippen molar-refractivity contribution in [3.05, 3.63) is 66.1 Å². The Kier molecular flexibility index (Phi) is 5.95. The minimum Gasteiger partial charge on any atom is -0.497 e. The zero-order valence-electron chi connectivity index (χ0n) is 18.2. The lowest BCUT2D eigenvalue weighted by atomic mass is 9.97. The van der Waals surface area contributed by atoms with Crippen molar-refractivity contribution in [2.45, 2.75) is 19.4 Å². The molecule has 1 saturated heterocycles. The van der Waals surface area contributed by atoms with Crippen LogP contribution < -0.4 is 15.0 Å². The first-order chi connectivity index (χ1) is 16.1. The molecule has 1 N–H and O–H groups in total. The number of anilines is 1. The number of nitrogens with one attached hydrogen (secondary N) is 1. The van der Waals surface area contributed by atoms with E-state index in [9.17, 15) is 9.18 Å². The molecule has 5 rings (SSSR count). The van der Waals surface area contributed by atoms with Gasteiger partial charge in [-0.25, -0.2) is 13.9 Å². The highest BCUT2D eigenvalue weighted by molar-refractivity contribution is 7.20. The van der Waals surface area contributed by atoms with Crippen LogP contribution in [0.25, 0.3) is 16.2 Å². The summed E-state index contributed by atoms with van der Waals surface area (Å²) in [6.45, 7) is 2.00. The van der Waals surface area contributed by atoms with E-state index in [0.29, 0.717) is 13.1 Å². The van der Waals surface area contributed by atoms with Crippen molar-refractivity contribution in [2.24, 2.45) is 5.92 Å². The average molecular weight is 466 g/mol. The molecule has 4 aromatic rings. The first-order valence-electron chi connectivity index (χ1n) is 10.9. The van der Waals surface area contributed by atoms with Gasteiger partial charge in [-0.1, -0.05) is 23.5 Å². The molecule has 0 unspecified atom stereocenters. The van der Waals surface area contributed by atoms with Crippen LogP contribution in [0.2, 0.25) is 0 Å². The number of carbonyl (C=O) groups is 1. The monoisotopic (exact) mass is 465 g/mol. The minimum atomic E-state index is -0.270. The van der Waals surface area contributed by atoms with Crippen LogP contribution >= 0.6 is 11.3 Å². The Morgan fingerprint density at radius 1 is 1.21 bits per heavy atom. The summed E-state index contributed by atoms with van der Waals surface area (Å²) in [7, 11) is 1.64. The first-order valence-corrected chi connectivity index (χ1v) is 11.7. The molecule has 0 aliphatic carbocycles. The number of rotatable bonds is 6. The van der Waals surface area contributed by atoms with E-state index in [1.807, 2.05) is 30.5 Å². The van der Waals surface area contributed by atoms with Crippen LogP contribution in [-0.2, 0) is 11.3 Å². The molecule has 33 heavy (non-hydrogen) atoms. The number of fused-ring (bicyclic) bond motifs is 1. The minimum absolute atomic E-state index is 0.0652. The topological polar surface area (TPSA) is 71.8 Å². The molecule has 1 aliphatic rings. The van der Waals surface area contributed by atoms with Gasteiger partial charge in [0.2, 0.25) is 16.0 Å². The fourth-order valence-corrected chi connectivity index (χ4v) is 4.94. The van der Waals surface area contributed by atoms with Crippen molar-refractivity contribution in [3.8, 4) is 17.0 Å². The van der Waals surface area contributed by atoms with Crippen LogP contribution in [0, 0.1) is 11.7 Å². The van der Waals surface area contributed by atoms with Gasteiger partial charge < -0.3 is 15.0 Å². The zero-order chi connectivity index (χ0) is 22.8. The number of aromatic nitrogens is 3.